The number of nitrogens with zero attached hydrogens (tertiary/aromatic N) is 3. The average molecular weight is 351 g/mol. The van der Waals surface area contributed by atoms with Crippen LogP contribution in [0.15, 0.2) is 59.7 Å². The number of anilines is 1. The van der Waals surface area contributed by atoms with E-state index >= 15 is 0 Å². The van der Waals surface area contributed by atoms with Crippen LogP contribution in [0.25, 0.3) is 0 Å². The first-order chi connectivity index (χ1) is 12.1. The molecule has 0 fully saturated rings. The fraction of sp³-hybridized carbons (Fsp3) is 0.105. The van der Waals surface area contributed by atoms with Crippen molar-refractivity contribution in [2.75, 3.05) is 5.32 Å². The van der Waals surface area contributed by atoms with E-state index in [1.165, 1.54) is 4.68 Å². The van der Waals surface area contributed by atoms with Crippen LogP contribution in [0.4, 0.5) is 11.4 Å². The van der Waals surface area contributed by atoms with E-state index < -0.39 is 0 Å². The molecule has 124 valence electrons. The lowest BCUT2D eigenvalue weighted by atomic mass is 10.0. The number of aliphatic imine (C=N–C) groups is 1. The van der Waals surface area contributed by atoms with Gasteiger partial charge in [0.25, 0.3) is 5.91 Å². The zero-order valence-electron chi connectivity index (χ0n) is 13.5. The molecule has 3 aromatic rings. The van der Waals surface area contributed by atoms with E-state index in [1.54, 1.807) is 19.3 Å². The number of hydrogen-bond acceptors (Lipinski definition) is 3. The van der Waals surface area contributed by atoms with Crippen molar-refractivity contribution in [2.45, 2.75) is 6.42 Å². The van der Waals surface area contributed by atoms with E-state index in [0.717, 1.165) is 39.7 Å². The van der Waals surface area contributed by atoms with Gasteiger partial charge in [0, 0.05) is 35.9 Å². The van der Waals surface area contributed by atoms with Crippen LogP contribution in [0, 0.1) is 0 Å². The Morgan fingerprint density at radius 2 is 1.96 bits per heavy atom. The van der Waals surface area contributed by atoms with Crippen LogP contribution in [0.3, 0.4) is 0 Å². The topological polar surface area (TPSA) is 59.3 Å². The number of hydrogen-bond donors (Lipinski definition) is 1. The summed E-state index contributed by atoms with van der Waals surface area (Å²) in [5.41, 5.74) is 5.22. The van der Waals surface area contributed by atoms with Crippen molar-refractivity contribution in [1.82, 2.24) is 9.78 Å². The van der Waals surface area contributed by atoms with Gasteiger partial charge in [-0.1, -0.05) is 29.8 Å². The van der Waals surface area contributed by atoms with Crippen LogP contribution in [-0.4, -0.2) is 21.4 Å². The maximum Gasteiger partial charge on any atom is 0.273 e. The highest BCUT2D eigenvalue weighted by atomic mass is 35.5. The number of aromatic nitrogens is 2. The van der Waals surface area contributed by atoms with E-state index in [1.807, 2.05) is 42.5 Å². The number of aryl methyl sites for hydroxylation is 1. The van der Waals surface area contributed by atoms with Crippen LogP contribution in [0.1, 0.15) is 21.6 Å². The van der Waals surface area contributed by atoms with Crippen molar-refractivity contribution in [2.24, 2.45) is 12.0 Å². The van der Waals surface area contributed by atoms with Gasteiger partial charge in [0.05, 0.1) is 11.4 Å². The number of halogens is 1. The van der Waals surface area contributed by atoms with Gasteiger partial charge in [-0.25, -0.2) is 0 Å². The minimum absolute atomic E-state index is 0.190. The zero-order valence-corrected chi connectivity index (χ0v) is 14.3. The van der Waals surface area contributed by atoms with Crippen LogP contribution < -0.4 is 5.32 Å². The average Bonchev–Trinajstić information content (AvgIpc) is 3.22. The van der Waals surface area contributed by atoms with Crippen molar-refractivity contribution in [3.05, 3.63) is 76.6 Å². The van der Waals surface area contributed by atoms with Gasteiger partial charge in [0.1, 0.15) is 5.69 Å². The highest BCUT2D eigenvalue weighted by Gasteiger charge is 2.18. The number of rotatable bonds is 3. The Bertz CT molecular complexity index is 989. The number of amides is 1. The molecule has 0 atom stereocenters. The first-order valence-electron chi connectivity index (χ1n) is 7.86. The van der Waals surface area contributed by atoms with Crippen LogP contribution >= 0.6 is 11.6 Å². The lowest BCUT2D eigenvalue weighted by Crippen LogP contribution is -2.16. The van der Waals surface area contributed by atoms with Crippen molar-refractivity contribution in [3.63, 3.8) is 0 Å². The quantitative estimate of drug-likeness (QED) is 0.776. The van der Waals surface area contributed by atoms with Crippen LogP contribution in [-0.2, 0) is 13.5 Å². The minimum atomic E-state index is -0.190. The van der Waals surface area contributed by atoms with Gasteiger partial charge in [-0.15, -0.1) is 0 Å². The molecule has 1 N–H and O–H groups in total. The van der Waals surface area contributed by atoms with E-state index in [0.29, 0.717) is 5.69 Å². The molecule has 1 amide bonds. The van der Waals surface area contributed by atoms with Gasteiger partial charge < -0.3 is 5.32 Å². The molecule has 4 rings (SSSR count). The highest BCUT2D eigenvalue weighted by molar-refractivity contribution is 6.32. The Balaban J connectivity index is 1.51. The second kappa shape index (κ2) is 6.18. The predicted octanol–water partition coefficient (Wildman–Crippen LogP) is 4.00. The molecule has 0 saturated heterocycles. The molecule has 25 heavy (non-hydrogen) atoms. The van der Waals surface area contributed by atoms with Gasteiger partial charge in [-0.3, -0.25) is 14.5 Å². The number of carbonyl (C=O) groups is 1. The Labute approximate surface area is 150 Å². The summed E-state index contributed by atoms with van der Waals surface area (Å²) in [6.07, 6.45) is 2.31. The van der Waals surface area contributed by atoms with Crippen molar-refractivity contribution >= 4 is 34.6 Å². The third kappa shape index (κ3) is 2.94. The summed E-state index contributed by atoms with van der Waals surface area (Å²) in [4.78, 5) is 16.9. The summed E-state index contributed by atoms with van der Waals surface area (Å²) >= 11 is 6.24. The fourth-order valence-electron chi connectivity index (χ4n) is 2.88. The van der Waals surface area contributed by atoms with Gasteiger partial charge in [0.15, 0.2) is 0 Å². The largest absolute Gasteiger partial charge is 0.321 e. The standard InChI is InChI=1S/C19H15ClN4O/c1-24-18(9-10-21-24)19(25)22-13-7-5-12(6-8-13)17-11-14-15(20)3-2-4-16(14)23-17/h2-10H,11H2,1H3,(H,22,25). The molecule has 1 aromatic heterocycles. The first kappa shape index (κ1) is 15.6. The molecular weight excluding hydrogens is 336 g/mol. The van der Waals surface area contributed by atoms with Gasteiger partial charge in [0.2, 0.25) is 0 Å². The fourth-order valence-corrected chi connectivity index (χ4v) is 3.12. The zero-order chi connectivity index (χ0) is 17.4. The van der Waals surface area contributed by atoms with E-state index in [-0.39, 0.29) is 5.91 Å². The third-order valence-corrected chi connectivity index (χ3v) is 4.58. The van der Waals surface area contributed by atoms with Gasteiger partial charge in [-0.05, 0) is 35.9 Å². The molecule has 0 radical (unpaired) electrons. The molecule has 0 aliphatic carbocycles. The van der Waals surface area contributed by atoms with Crippen molar-refractivity contribution in [1.29, 1.82) is 0 Å². The number of nitrogens with one attached hydrogen (secondary N) is 1. The third-order valence-electron chi connectivity index (χ3n) is 4.22. The Kier molecular flexibility index (Phi) is 3.86. The highest BCUT2D eigenvalue weighted by Crippen LogP contribution is 2.34. The van der Waals surface area contributed by atoms with Gasteiger partial charge >= 0.3 is 0 Å². The molecule has 1 aliphatic rings. The minimum Gasteiger partial charge on any atom is -0.321 e. The molecule has 1 aliphatic heterocycles. The molecule has 5 nitrogen and oxygen atoms in total. The second-order valence-electron chi connectivity index (χ2n) is 5.84. The number of carbonyl (C=O) groups excluding carboxylic acids is 1. The Hall–Kier alpha value is -2.92. The molecule has 0 bridgehead atoms. The second-order valence-corrected chi connectivity index (χ2v) is 6.25. The lowest BCUT2D eigenvalue weighted by molar-refractivity contribution is 0.101. The summed E-state index contributed by atoms with van der Waals surface area (Å²) in [7, 11) is 1.74. The normalized spacial score (nSPS) is 12.6. The number of fused-ring (bicyclic) bond motifs is 1. The van der Waals surface area contributed by atoms with E-state index in [2.05, 4.69) is 15.4 Å². The van der Waals surface area contributed by atoms with Crippen molar-refractivity contribution in [3.8, 4) is 0 Å². The van der Waals surface area contributed by atoms with Crippen molar-refractivity contribution < 1.29 is 4.79 Å². The summed E-state index contributed by atoms with van der Waals surface area (Å²) < 4.78 is 1.54. The molecule has 0 unspecified atom stereocenters. The van der Waals surface area contributed by atoms with E-state index in [9.17, 15) is 4.79 Å². The monoisotopic (exact) mass is 350 g/mol. The molecular formula is C19H15ClN4O. The summed E-state index contributed by atoms with van der Waals surface area (Å²) in [6.45, 7) is 0. The van der Waals surface area contributed by atoms with E-state index in [4.69, 9.17) is 11.6 Å². The summed E-state index contributed by atoms with van der Waals surface area (Å²) in [5.74, 6) is -0.190. The smallest absolute Gasteiger partial charge is 0.273 e. The maximum atomic E-state index is 12.2. The summed E-state index contributed by atoms with van der Waals surface area (Å²) in [5, 5.41) is 7.62. The van der Waals surface area contributed by atoms with Crippen LogP contribution in [0.2, 0.25) is 5.02 Å². The van der Waals surface area contributed by atoms with Crippen LogP contribution in [0.5, 0.6) is 0 Å². The molecule has 0 spiro atoms. The molecule has 6 heteroatoms. The first-order valence-corrected chi connectivity index (χ1v) is 8.24. The Morgan fingerprint density at radius 3 is 2.64 bits per heavy atom. The summed E-state index contributed by atoms with van der Waals surface area (Å²) in [6, 6.07) is 15.1. The maximum absolute atomic E-state index is 12.2. The predicted molar refractivity (Wildman–Crippen MR) is 99.0 cm³/mol. The SMILES string of the molecule is Cn1nccc1C(=O)Nc1ccc(C2=Nc3cccc(Cl)c3C2)cc1. The molecule has 2 aromatic carbocycles. The van der Waals surface area contributed by atoms with Gasteiger partial charge in [-0.2, -0.15) is 5.10 Å². The lowest BCUT2D eigenvalue weighted by Gasteiger charge is -2.07. The Morgan fingerprint density at radius 1 is 1.16 bits per heavy atom. The molecule has 0 saturated carbocycles. The number of benzene rings is 2. The molecule has 2 heterocycles.